The summed E-state index contributed by atoms with van der Waals surface area (Å²) in [6, 6.07) is 8.16. The third-order valence-corrected chi connectivity index (χ3v) is 6.33. The molecule has 2 aromatic rings. The normalized spacial score (nSPS) is 11.5. The van der Waals surface area contributed by atoms with Gasteiger partial charge in [0.05, 0.1) is 9.82 Å². The quantitative estimate of drug-likeness (QED) is 0.399. The van der Waals surface area contributed by atoms with Crippen molar-refractivity contribution in [3.63, 3.8) is 0 Å². The topological polar surface area (TPSA) is 89.3 Å². The molecular formula is C16H16ClFN2O4S2. The van der Waals surface area contributed by atoms with Gasteiger partial charge in [0.25, 0.3) is 5.69 Å². The maximum absolute atomic E-state index is 13.6. The van der Waals surface area contributed by atoms with Crippen molar-refractivity contribution in [3.8, 4) is 0 Å². The highest BCUT2D eigenvalue weighted by Crippen LogP contribution is 2.24. The fourth-order valence-corrected chi connectivity index (χ4v) is 4.51. The molecule has 0 unspecified atom stereocenters. The lowest BCUT2D eigenvalue weighted by atomic mass is 10.2. The highest BCUT2D eigenvalue weighted by atomic mass is 35.5. The SMILES string of the molecule is Cc1ccc(S(=O)(=O)NCCSCc2c(F)cccc2Cl)cc1[N+](=O)[O-]. The lowest BCUT2D eigenvalue weighted by Gasteiger charge is -2.08. The smallest absolute Gasteiger partial charge is 0.258 e. The van der Waals surface area contributed by atoms with Crippen LogP contribution < -0.4 is 4.72 Å². The number of nitro benzene ring substituents is 1. The first-order valence-electron chi connectivity index (χ1n) is 7.47. The van der Waals surface area contributed by atoms with Crippen LogP contribution in [-0.4, -0.2) is 25.6 Å². The number of rotatable bonds is 8. The molecule has 0 amide bonds. The zero-order valence-corrected chi connectivity index (χ0v) is 16.1. The van der Waals surface area contributed by atoms with Crippen LogP contribution in [0, 0.1) is 22.9 Å². The molecule has 0 aliphatic carbocycles. The predicted octanol–water partition coefficient (Wildman–Crippen LogP) is 3.91. The van der Waals surface area contributed by atoms with Crippen LogP contribution >= 0.6 is 23.4 Å². The van der Waals surface area contributed by atoms with E-state index in [0.29, 0.717) is 27.7 Å². The fraction of sp³-hybridized carbons (Fsp3) is 0.250. The van der Waals surface area contributed by atoms with Gasteiger partial charge in [0, 0.05) is 40.3 Å². The molecule has 26 heavy (non-hydrogen) atoms. The van der Waals surface area contributed by atoms with E-state index in [9.17, 15) is 22.9 Å². The fourth-order valence-electron chi connectivity index (χ4n) is 2.13. The Morgan fingerprint density at radius 2 is 2.04 bits per heavy atom. The zero-order valence-electron chi connectivity index (χ0n) is 13.7. The van der Waals surface area contributed by atoms with Crippen molar-refractivity contribution in [1.29, 1.82) is 0 Å². The van der Waals surface area contributed by atoms with Crippen molar-refractivity contribution >= 4 is 39.1 Å². The largest absolute Gasteiger partial charge is 0.273 e. The Kier molecular flexibility index (Phi) is 6.99. The summed E-state index contributed by atoms with van der Waals surface area (Å²) >= 11 is 7.25. The first-order valence-corrected chi connectivity index (χ1v) is 10.5. The number of hydrogen-bond acceptors (Lipinski definition) is 5. The van der Waals surface area contributed by atoms with Gasteiger partial charge in [-0.15, -0.1) is 0 Å². The van der Waals surface area contributed by atoms with Gasteiger partial charge in [-0.25, -0.2) is 17.5 Å². The molecule has 6 nitrogen and oxygen atoms in total. The molecule has 0 heterocycles. The van der Waals surface area contributed by atoms with Gasteiger partial charge in [0.1, 0.15) is 5.82 Å². The Balaban J connectivity index is 1.93. The second-order valence-corrected chi connectivity index (χ2v) is 8.64. The Hall–Kier alpha value is -1.68. The van der Waals surface area contributed by atoms with E-state index in [0.717, 1.165) is 6.07 Å². The molecular weight excluding hydrogens is 403 g/mol. The van der Waals surface area contributed by atoms with Crippen LogP contribution in [0.1, 0.15) is 11.1 Å². The van der Waals surface area contributed by atoms with E-state index in [1.165, 1.54) is 43.0 Å². The number of nitrogens with one attached hydrogen (secondary N) is 1. The first kappa shape index (κ1) is 20.6. The summed E-state index contributed by atoms with van der Waals surface area (Å²) in [6.07, 6.45) is 0. The Morgan fingerprint density at radius 3 is 2.69 bits per heavy atom. The Bertz CT molecular complexity index is 902. The van der Waals surface area contributed by atoms with E-state index in [-0.39, 0.29) is 17.1 Å². The van der Waals surface area contributed by atoms with Crippen LogP contribution in [0.25, 0.3) is 0 Å². The molecule has 1 N–H and O–H groups in total. The van der Waals surface area contributed by atoms with Gasteiger partial charge >= 0.3 is 0 Å². The average molecular weight is 419 g/mol. The molecule has 0 saturated heterocycles. The molecule has 0 saturated carbocycles. The molecule has 2 aromatic carbocycles. The molecule has 0 aromatic heterocycles. The second kappa shape index (κ2) is 8.81. The van der Waals surface area contributed by atoms with Crippen LogP contribution in [0.5, 0.6) is 0 Å². The highest BCUT2D eigenvalue weighted by Gasteiger charge is 2.19. The van der Waals surface area contributed by atoms with Crippen molar-refractivity contribution in [3.05, 3.63) is 68.5 Å². The van der Waals surface area contributed by atoms with Crippen LogP contribution in [-0.2, 0) is 15.8 Å². The summed E-state index contributed by atoms with van der Waals surface area (Å²) in [5, 5.41) is 11.3. The number of sulfonamides is 1. The number of aryl methyl sites for hydroxylation is 1. The number of thioether (sulfide) groups is 1. The van der Waals surface area contributed by atoms with Crippen LogP contribution in [0.15, 0.2) is 41.3 Å². The van der Waals surface area contributed by atoms with Crippen molar-refractivity contribution in [1.82, 2.24) is 4.72 Å². The average Bonchev–Trinajstić information content (AvgIpc) is 2.56. The molecule has 0 aliphatic rings. The van der Waals surface area contributed by atoms with E-state index in [2.05, 4.69) is 4.72 Å². The molecule has 0 bridgehead atoms. The van der Waals surface area contributed by atoms with Gasteiger partial charge < -0.3 is 0 Å². The molecule has 0 spiro atoms. The molecule has 10 heteroatoms. The summed E-state index contributed by atoms with van der Waals surface area (Å²) in [4.78, 5) is 10.1. The highest BCUT2D eigenvalue weighted by molar-refractivity contribution is 7.98. The van der Waals surface area contributed by atoms with E-state index < -0.39 is 20.8 Å². The Morgan fingerprint density at radius 1 is 1.31 bits per heavy atom. The number of benzene rings is 2. The third kappa shape index (κ3) is 5.16. The molecule has 0 atom stereocenters. The molecule has 0 radical (unpaired) electrons. The van der Waals surface area contributed by atoms with Gasteiger partial charge in [-0.3, -0.25) is 10.1 Å². The summed E-state index contributed by atoms with van der Waals surface area (Å²) in [7, 11) is -3.86. The van der Waals surface area contributed by atoms with Crippen LogP contribution in [0.2, 0.25) is 5.02 Å². The molecule has 2 rings (SSSR count). The van der Waals surface area contributed by atoms with Crippen molar-refractivity contribution in [2.75, 3.05) is 12.3 Å². The summed E-state index contributed by atoms with van der Waals surface area (Å²) in [5.41, 5.74) is 0.499. The monoisotopic (exact) mass is 418 g/mol. The maximum Gasteiger partial charge on any atom is 0.273 e. The lowest BCUT2D eigenvalue weighted by Crippen LogP contribution is -2.26. The lowest BCUT2D eigenvalue weighted by molar-refractivity contribution is -0.385. The van der Waals surface area contributed by atoms with Gasteiger partial charge in [0.2, 0.25) is 10.0 Å². The van der Waals surface area contributed by atoms with E-state index in [1.54, 1.807) is 6.07 Å². The third-order valence-electron chi connectivity index (χ3n) is 3.53. The van der Waals surface area contributed by atoms with Crippen LogP contribution in [0.4, 0.5) is 10.1 Å². The number of nitrogens with zero attached hydrogens (tertiary/aromatic N) is 1. The number of nitro groups is 1. The zero-order chi connectivity index (χ0) is 19.3. The van der Waals surface area contributed by atoms with Gasteiger partial charge in [0.15, 0.2) is 0 Å². The van der Waals surface area contributed by atoms with E-state index in [1.807, 2.05) is 0 Å². The minimum Gasteiger partial charge on any atom is -0.258 e. The van der Waals surface area contributed by atoms with Crippen LogP contribution in [0.3, 0.4) is 0 Å². The standard InChI is InChI=1S/C16H16ClFN2O4S2/c1-11-5-6-12(9-16(11)20(21)22)26(23,24)19-7-8-25-10-13-14(17)3-2-4-15(13)18/h2-6,9,19H,7-8,10H2,1H3. The van der Waals surface area contributed by atoms with E-state index >= 15 is 0 Å². The van der Waals surface area contributed by atoms with Crippen molar-refractivity contribution in [2.24, 2.45) is 0 Å². The minimum atomic E-state index is -3.86. The summed E-state index contributed by atoms with van der Waals surface area (Å²) < 4.78 is 40.5. The van der Waals surface area contributed by atoms with Gasteiger partial charge in [-0.2, -0.15) is 11.8 Å². The van der Waals surface area contributed by atoms with Crippen molar-refractivity contribution < 1.29 is 17.7 Å². The predicted molar refractivity (Wildman–Crippen MR) is 101 cm³/mol. The van der Waals surface area contributed by atoms with Gasteiger partial charge in [-0.1, -0.05) is 23.7 Å². The minimum absolute atomic E-state index is 0.0980. The molecule has 140 valence electrons. The molecule has 0 fully saturated rings. The summed E-state index contributed by atoms with van der Waals surface area (Å²) in [5.74, 6) is 0.290. The number of halogens is 2. The van der Waals surface area contributed by atoms with Gasteiger partial charge in [-0.05, 0) is 25.1 Å². The maximum atomic E-state index is 13.6. The van der Waals surface area contributed by atoms with E-state index in [4.69, 9.17) is 11.6 Å². The molecule has 0 aliphatic heterocycles. The second-order valence-electron chi connectivity index (χ2n) is 5.36. The Labute approximate surface area is 160 Å². The summed E-state index contributed by atoms with van der Waals surface area (Å²) in [6.45, 7) is 1.63. The number of hydrogen-bond donors (Lipinski definition) is 1. The first-order chi connectivity index (χ1) is 12.2. The van der Waals surface area contributed by atoms with Crippen molar-refractivity contribution in [2.45, 2.75) is 17.6 Å².